The molecule has 3 atom stereocenters. The maximum Gasteiger partial charge on any atom is 0.312 e. The summed E-state index contributed by atoms with van der Waals surface area (Å²) >= 11 is 0. The van der Waals surface area contributed by atoms with Crippen molar-refractivity contribution in [2.24, 2.45) is 11.8 Å². The van der Waals surface area contributed by atoms with E-state index in [-0.39, 0.29) is 23.8 Å². The Kier molecular flexibility index (Phi) is 4.30. The van der Waals surface area contributed by atoms with Gasteiger partial charge in [-0.3, -0.25) is 14.6 Å². The van der Waals surface area contributed by atoms with Crippen LogP contribution in [0.15, 0.2) is 54.9 Å². The van der Waals surface area contributed by atoms with Crippen LogP contribution in [0.25, 0.3) is 0 Å². The number of nitrogens with zero attached hydrogens (tertiary/aromatic N) is 3. The average Bonchev–Trinajstić information content (AvgIpc) is 3.04. The number of carbonyl (C=O) groups excluding carboxylic acids is 2. The number of rotatable bonds is 3. The largest absolute Gasteiger partial charge is 0.469 e. The van der Waals surface area contributed by atoms with Crippen molar-refractivity contribution in [3.63, 3.8) is 0 Å². The van der Waals surface area contributed by atoms with E-state index in [2.05, 4.69) is 10.4 Å². The minimum absolute atomic E-state index is 0.0382. The van der Waals surface area contributed by atoms with Crippen LogP contribution < -0.4 is 15.3 Å². The summed E-state index contributed by atoms with van der Waals surface area (Å²) in [5.74, 6) is -1.14. The first kappa shape index (κ1) is 16.5. The van der Waals surface area contributed by atoms with Gasteiger partial charge in [0, 0.05) is 19.3 Å². The second-order valence-corrected chi connectivity index (χ2v) is 6.52. The molecule has 134 valence electrons. The van der Waals surface area contributed by atoms with E-state index in [0.717, 1.165) is 11.4 Å². The zero-order valence-corrected chi connectivity index (χ0v) is 14.4. The molecule has 2 aromatic rings. The van der Waals surface area contributed by atoms with Gasteiger partial charge < -0.3 is 9.64 Å². The number of ether oxygens (including phenoxy) is 1. The number of aromatic nitrogens is 1. The number of fused-ring (bicyclic) bond motifs is 1. The number of para-hydroxylation sites is 1. The summed E-state index contributed by atoms with van der Waals surface area (Å²) in [6.07, 6.45) is 3.45. The van der Waals surface area contributed by atoms with Crippen molar-refractivity contribution in [3.8, 4) is 0 Å². The number of piperidine rings is 1. The summed E-state index contributed by atoms with van der Waals surface area (Å²) in [6, 6.07) is 12.9. The van der Waals surface area contributed by atoms with E-state index in [1.807, 2.05) is 47.4 Å². The zero-order valence-electron chi connectivity index (χ0n) is 14.4. The molecule has 3 unspecified atom stereocenters. The monoisotopic (exact) mass is 352 g/mol. The van der Waals surface area contributed by atoms with E-state index in [9.17, 15) is 9.59 Å². The molecule has 2 saturated heterocycles. The Morgan fingerprint density at radius 3 is 2.62 bits per heavy atom. The number of amides is 1. The van der Waals surface area contributed by atoms with Crippen molar-refractivity contribution in [1.29, 1.82) is 0 Å². The molecule has 26 heavy (non-hydrogen) atoms. The van der Waals surface area contributed by atoms with Crippen LogP contribution in [0.5, 0.6) is 0 Å². The highest BCUT2D eigenvalue weighted by atomic mass is 16.5. The Balaban J connectivity index is 1.66. The Labute approximate surface area is 151 Å². The third-order valence-corrected chi connectivity index (χ3v) is 5.05. The highest BCUT2D eigenvalue weighted by Crippen LogP contribution is 2.34. The number of hydrazine groups is 1. The summed E-state index contributed by atoms with van der Waals surface area (Å²) in [4.78, 5) is 31.6. The van der Waals surface area contributed by atoms with Gasteiger partial charge >= 0.3 is 5.97 Å². The summed E-state index contributed by atoms with van der Waals surface area (Å²) in [6.45, 7) is 1.00. The lowest BCUT2D eigenvalue weighted by molar-refractivity contribution is -0.147. The predicted octanol–water partition coefficient (Wildman–Crippen LogP) is 1.23. The molecule has 2 fully saturated rings. The molecule has 7 heteroatoms. The Bertz CT molecular complexity index is 799. The number of anilines is 2. The number of pyridine rings is 1. The van der Waals surface area contributed by atoms with Gasteiger partial charge in [0.2, 0.25) is 5.91 Å². The molecular formula is C19H20N4O3. The van der Waals surface area contributed by atoms with Gasteiger partial charge in [-0.15, -0.1) is 0 Å². The molecule has 0 saturated carbocycles. The van der Waals surface area contributed by atoms with Crippen LogP contribution in [0.3, 0.4) is 0 Å². The highest BCUT2D eigenvalue weighted by molar-refractivity contribution is 5.98. The Morgan fingerprint density at radius 1 is 1.15 bits per heavy atom. The first-order chi connectivity index (χ1) is 12.7. The molecule has 1 N–H and O–H groups in total. The Hall–Kier alpha value is -2.93. The molecule has 1 aromatic carbocycles. The SMILES string of the molecule is COC(=O)C1CN(c2cccnc2)CC2C(=O)N(c3ccccc3)NC12. The van der Waals surface area contributed by atoms with Crippen molar-refractivity contribution in [1.82, 2.24) is 10.4 Å². The molecular weight excluding hydrogens is 332 g/mol. The third-order valence-electron chi connectivity index (χ3n) is 5.05. The van der Waals surface area contributed by atoms with E-state index >= 15 is 0 Å². The van der Waals surface area contributed by atoms with Gasteiger partial charge in [0.1, 0.15) is 0 Å². The van der Waals surface area contributed by atoms with Gasteiger partial charge in [0.15, 0.2) is 0 Å². The standard InChI is InChI=1S/C19H20N4O3/c1-26-19(25)16-12-22(14-8-5-9-20-10-14)11-15-17(16)21-23(18(15)24)13-6-3-2-4-7-13/h2-10,15-17,21H,11-12H2,1H3. The van der Waals surface area contributed by atoms with E-state index < -0.39 is 5.92 Å². The van der Waals surface area contributed by atoms with Gasteiger partial charge in [-0.25, -0.2) is 10.4 Å². The molecule has 0 bridgehead atoms. The molecule has 2 aliphatic heterocycles. The van der Waals surface area contributed by atoms with Crippen molar-refractivity contribution in [2.45, 2.75) is 6.04 Å². The van der Waals surface area contributed by atoms with Gasteiger partial charge in [-0.1, -0.05) is 18.2 Å². The minimum atomic E-state index is -0.448. The van der Waals surface area contributed by atoms with Crippen LogP contribution in [0.2, 0.25) is 0 Å². The van der Waals surface area contributed by atoms with E-state index in [0.29, 0.717) is 13.1 Å². The van der Waals surface area contributed by atoms with Crippen LogP contribution in [-0.2, 0) is 14.3 Å². The summed E-state index contributed by atoms with van der Waals surface area (Å²) in [5.41, 5.74) is 4.90. The third kappa shape index (κ3) is 2.80. The molecule has 4 rings (SSSR count). The first-order valence-electron chi connectivity index (χ1n) is 8.57. The van der Waals surface area contributed by atoms with Crippen LogP contribution in [0.1, 0.15) is 0 Å². The lowest BCUT2D eigenvalue weighted by atomic mass is 9.84. The van der Waals surface area contributed by atoms with Crippen molar-refractivity contribution in [3.05, 3.63) is 54.9 Å². The quantitative estimate of drug-likeness (QED) is 0.838. The summed E-state index contributed by atoms with van der Waals surface area (Å²) in [7, 11) is 1.38. The normalized spacial score (nSPS) is 25.1. The number of esters is 1. The van der Waals surface area contributed by atoms with Gasteiger partial charge in [0.25, 0.3) is 0 Å². The van der Waals surface area contributed by atoms with Crippen LogP contribution in [0, 0.1) is 11.8 Å². The molecule has 0 radical (unpaired) electrons. The number of nitrogens with one attached hydrogen (secondary N) is 1. The van der Waals surface area contributed by atoms with Crippen LogP contribution >= 0.6 is 0 Å². The van der Waals surface area contributed by atoms with Gasteiger partial charge in [-0.05, 0) is 24.3 Å². The summed E-state index contributed by atoms with van der Waals surface area (Å²) < 4.78 is 5.01. The lowest BCUT2D eigenvalue weighted by Crippen LogP contribution is -2.55. The minimum Gasteiger partial charge on any atom is -0.469 e. The second-order valence-electron chi connectivity index (χ2n) is 6.52. The second kappa shape index (κ2) is 6.76. The maximum absolute atomic E-state index is 13.0. The van der Waals surface area contributed by atoms with E-state index in [4.69, 9.17) is 4.74 Å². The van der Waals surface area contributed by atoms with Crippen molar-refractivity contribution >= 4 is 23.3 Å². The number of hydrogen-bond donors (Lipinski definition) is 1. The van der Waals surface area contributed by atoms with Gasteiger partial charge in [-0.2, -0.15) is 0 Å². The van der Waals surface area contributed by atoms with Crippen molar-refractivity contribution < 1.29 is 14.3 Å². The van der Waals surface area contributed by atoms with E-state index in [1.54, 1.807) is 17.4 Å². The highest BCUT2D eigenvalue weighted by Gasteiger charge is 2.51. The van der Waals surface area contributed by atoms with Crippen LogP contribution in [0.4, 0.5) is 11.4 Å². The molecule has 1 amide bonds. The molecule has 2 aliphatic rings. The average molecular weight is 352 g/mol. The van der Waals surface area contributed by atoms with Crippen molar-refractivity contribution in [2.75, 3.05) is 30.1 Å². The topological polar surface area (TPSA) is 74.8 Å². The number of benzene rings is 1. The Morgan fingerprint density at radius 2 is 1.92 bits per heavy atom. The van der Waals surface area contributed by atoms with E-state index in [1.165, 1.54) is 7.11 Å². The fourth-order valence-corrected chi connectivity index (χ4v) is 3.75. The summed E-state index contributed by atoms with van der Waals surface area (Å²) in [5, 5.41) is 1.55. The molecule has 1 aromatic heterocycles. The fourth-order valence-electron chi connectivity index (χ4n) is 3.75. The molecule has 0 aliphatic carbocycles. The smallest absolute Gasteiger partial charge is 0.312 e. The molecule has 7 nitrogen and oxygen atoms in total. The first-order valence-corrected chi connectivity index (χ1v) is 8.57. The molecule has 3 heterocycles. The number of hydrogen-bond acceptors (Lipinski definition) is 6. The van der Waals surface area contributed by atoms with Gasteiger partial charge in [0.05, 0.1) is 42.6 Å². The maximum atomic E-state index is 13.0. The zero-order chi connectivity index (χ0) is 18.1. The predicted molar refractivity (Wildman–Crippen MR) is 96.3 cm³/mol. The lowest BCUT2D eigenvalue weighted by Gasteiger charge is -2.38. The molecule has 0 spiro atoms. The van der Waals surface area contributed by atoms with Crippen LogP contribution in [-0.4, -0.2) is 43.1 Å². The number of methoxy groups -OCH3 is 1. The fraction of sp³-hybridized carbons (Fsp3) is 0.316. The number of carbonyl (C=O) groups is 2.